The van der Waals surface area contributed by atoms with Crippen LogP contribution in [0.15, 0.2) is 77.1 Å². The van der Waals surface area contributed by atoms with Crippen LogP contribution in [0.25, 0.3) is 10.2 Å². The Morgan fingerprint density at radius 2 is 1.64 bits per heavy atom. The highest BCUT2D eigenvalue weighted by Gasteiger charge is 2.17. The van der Waals surface area contributed by atoms with E-state index in [1.165, 1.54) is 0 Å². The Balaban J connectivity index is 1.47. The predicted octanol–water partition coefficient (Wildman–Crippen LogP) is 6.23. The monoisotopic (exact) mass is 475 g/mol. The normalized spacial score (nSPS) is 11.0. The highest BCUT2D eigenvalue weighted by molar-refractivity contribution is 8.01. The molecule has 1 aromatic heterocycles. The maximum atomic E-state index is 13.0. The molecule has 0 aliphatic rings. The van der Waals surface area contributed by atoms with Crippen LogP contribution in [0.5, 0.6) is 0 Å². The van der Waals surface area contributed by atoms with Crippen LogP contribution in [-0.4, -0.2) is 22.6 Å². The molecular formula is C26H25N3O2S2. The number of hydrogen-bond donors (Lipinski definition) is 2. The number of rotatable bonds is 8. The van der Waals surface area contributed by atoms with Gasteiger partial charge in [0.05, 0.1) is 21.3 Å². The molecule has 0 saturated carbocycles. The number of carbonyl (C=O) groups excluding carboxylic acids is 2. The minimum atomic E-state index is -0.321. The van der Waals surface area contributed by atoms with E-state index in [0.717, 1.165) is 25.9 Å². The molecule has 0 unspecified atom stereocenters. The van der Waals surface area contributed by atoms with E-state index < -0.39 is 0 Å². The van der Waals surface area contributed by atoms with Crippen LogP contribution in [0.4, 0.5) is 5.69 Å². The second-order valence-electron chi connectivity index (χ2n) is 8.04. The second kappa shape index (κ2) is 10.6. The fraction of sp³-hybridized carbons (Fsp3) is 0.192. The van der Waals surface area contributed by atoms with Gasteiger partial charge >= 0.3 is 0 Å². The van der Waals surface area contributed by atoms with Crippen molar-refractivity contribution in [3.8, 4) is 0 Å². The van der Waals surface area contributed by atoms with Gasteiger partial charge in [-0.15, -0.1) is 11.3 Å². The number of benzene rings is 3. The summed E-state index contributed by atoms with van der Waals surface area (Å²) in [5, 5.41) is 5.83. The minimum absolute atomic E-state index is 0.283. The first-order chi connectivity index (χ1) is 16.0. The van der Waals surface area contributed by atoms with Crippen LogP contribution in [0.3, 0.4) is 0 Å². The molecule has 1 heterocycles. The molecule has 7 heteroatoms. The summed E-state index contributed by atoms with van der Waals surface area (Å²) >= 11 is 3.38. The molecule has 0 spiro atoms. The van der Waals surface area contributed by atoms with Crippen molar-refractivity contribution in [1.82, 2.24) is 10.3 Å². The summed E-state index contributed by atoms with van der Waals surface area (Å²) < 4.78 is 2.05. The number of carbonyl (C=O) groups is 2. The molecule has 3 aromatic carbocycles. The summed E-state index contributed by atoms with van der Waals surface area (Å²) in [7, 11) is 0. The molecule has 5 nitrogen and oxygen atoms in total. The van der Waals surface area contributed by atoms with E-state index in [-0.39, 0.29) is 11.8 Å². The van der Waals surface area contributed by atoms with E-state index in [9.17, 15) is 9.59 Å². The van der Waals surface area contributed by atoms with Crippen molar-refractivity contribution in [3.63, 3.8) is 0 Å². The summed E-state index contributed by atoms with van der Waals surface area (Å²) in [5.74, 6) is 1.02. The van der Waals surface area contributed by atoms with Crippen molar-refractivity contribution in [2.75, 3.05) is 11.1 Å². The fourth-order valence-corrected chi connectivity index (χ4v) is 5.32. The minimum Gasteiger partial charge on any atom is -0.348 e. The van der Waals surface area contributed by atoms with Gasteiger partial charge in [0.25, 0.3) is 11.8 Å². The third kappa shape index (κ3) is 6.00. The molecule has 4 rings (SSSR count). The molecule has 0 radical (unpaired) electrons. The maximum Gasteiger partial charge on any atom is 0.256 e. The van der Waals surface area contributed by atoms with Gasteiger partial charge < -0.3 is 10.6 Å². The van der Waals surface area contributed by atoms with Gasteiger partial charge in [0.15, 0.2) is 4.34 Å². The average molecular weight is 476 g/mol. The van der Waals surface area contributed by atoms with Crippen LogP contribution >= 0.6 is 23.1 Å². The van der Waals surface area contributed by atoms with E-state index >= 15 is 0 Å². The highest BCUT2D eigenvalue weighted by Crippen LogP contribution is 2.32. The largest absolute Gasteiger partial charge is 0.348 e. The molecule has 0 saturated heterocycles. The number of aromatic nitrogens is 1. The number of nitrogens with one attached hydrogen (secondary N) is 2. The number of nitrogens with zero attached hydrogens (tertiary/aromatic N) is 1. The zero-order chi connectivity index (χ0) is 23.2. The van der Waals surface area contributed by atoms with E-state index in [4.69, 9.17) is 0 Å². The molecular weight excluding hydrogens is 450 g/mol. The Labute approximate surface area is 201 Å². The molecule has 0 aliphatic carbocycles. The van der Waals surface area contributed by atoms with Gasteiger partial charge in [-0.2, -0.15) is 0 Å². The average Bonchev–Trinajstić information content (AvgIpc) is 3.24. The van der Waals surface area contributed by atoms with E-state index in [1.54, 1.807) is 47.4 Å². The van der Waals surface area contributed by atoms with Gasteiger partial charge in [0.1, 0.15) is 0 Å². The smallest absolute Gasteiger partial charge is 0.256 e. The lowest BCUT2D eigenvalue weighted by atomic mass is 10.1. The highest BCUT2D eigenvalue weighted by atomic mass is 32.2. The first kappa shape index (κ1) is 23.0. The van der Waals surface area contributed by atoms with Gasteiger partial charge in [-0.25, -0.2) is 4.98 Å². The number of thiazole rings is 1. The lowest BCUT2D eigenvalue weighted by Crippen LogP contribution is -2.26. The Hall–Kier alpha value is -3.16. The van der Waals surface area contributed by atoms with E-state index in [0.29, 0.717) is 29.3 Å². The summed E-state index contributed by atoms with van der Waals surface area (Å²) in [6.07, 6.45) is 0. The fourth-order valence-electron chi connectivity index (χ4n) is 3.23. The molecule has 0 aliphatic heterocycles. The van der Waals surface area contributed by atoms with Gasteiger partial charge in [-0.05, 0) is 41.8 Å². The Morgan fingerprint density at radius 3 is 2.36 bits per heavy atom. The van der Waals surface area contributed by atoms with Crippen LogP contribution in [0.2, 0.25) is 0 Å². The summed E-state index contributed by atoms with van der Waals surface area (Å²) in [5.41, 5.74) is 3.27. The number of amides is 2. The van der Waals surface area contributed by atoms with Crippen molar-refractivity contribution >= 4 is 50.8 Å². The number of fused-ring (bicyclic) bond motifs is 1. The van der Waals surface area contributed by atoms with Crippen LogP contribution in [0, 0.1) is 5.92 Å². The molecule has 0 atom stereocenters. The Bertz CT molecular complexity index is 1270. The predicted molar refractivity (Wildman–Crippen MR) is 137 cm³/mol. The van der Waals surface area contributed by atoms with Crippen LogP contribution in [-0.2, 0) is 6.54 Å². The molecule has 2 N–H and O–H groups in total. The Kier molecular flexibility index (Phi) is 7.42. The molecule has 2 amide bonds. The Morgan fingerprint density at radius 1 is 0.939 bits per heavy atom. The third-order valence-corrected chi connectivity index (χ3v) is 7.47. The van der Waals surface area contributed by atoms with Crippen molar-refractivity contribution < 1.29 is 9.59 Å². The molecule has 0 bridgehead atoms. The van der Waals surface area contributed by atoms with E-state index in [2.05, 4.69) is 29.5 Å². The lowest BCUT2D eigenvalue weighted by Gasteiger charge is -2.11. The topological polar surface area (TPSA) is 71.1 Å². The number of thioether (sulfide) groups is 1. The quantitative estimate of drug-likeness (QED) is 0.297. The van der Waals surface area contributed by atoms with Crippen LogP contribution < -0.4 is 10.6 Å². The molecule has 168 valence electrons. The van der Waals surface area contributed by atoms with E-state index in [1.807, 2.05) is 48.5 Å². The van der Waals surface area contributed by atoms with Crippen molar-refractivity contribution in [2.45, 2.75) is 24.7 Å². The molecule has 33 heavy (non-hydrogen) atoms. The third-order valence-electron chi connectivity index (χ3n) is 4.88. The van der Waals surface area contributed by atoms with Crippen molar-refractivity contribution in [1.29, 1.82) is 0 Å². The van der Waals surface area contributed by atoms with Crippen molar-refractivity contribution in [3.05, 3.63) is 89.5 Å². The van der Waals surface area contributed by atoms with Crippen molar-refractivity contribution in [2.24, 2.45) is 5.92 Å². The number of hydrogen-bond acceptors (Lipinski definition) is 5. The molecule has 0 fully saturated rings. The lowest BCUT2D eigenvalue weighted by molar-refractivity contribution is 0.0938. The summed E-state index contributed by atoms with van der Waals surface area (Å²) in [6.45, 7) is 4.77. The SMILES string of the molecule is CC(C)CSc1nc2ccc(NC(=O)c3ccccc3C(=O)NCc3ccccc3)cc2s1. The van der Waals surface area contributed by atoms with Gasteiger partial charge in [0.2, 0.25) is 0 Å². The zero-order valence-corrected chi connectivity index (χ0v) is 20.1. The molecule has 4 aromatic rings. The standard InChI is InChI=1S/C26H25N3O2S2/c1-17(2)16-32-26-29-22-13-12-19(14-23(22)33-26)28-25(31)21-11-7-6-10-20(21)24(30)27-15-18-8-4-3-5-9-18/h3-14,17H,15-16H2,1-2H3,(H,27,30)(H,28,31). The first-order valence-corrected chi connectivity index (χ1v) is 12.6. The van der Waals surface area contributed by atoms with Crippen LogP contribution in [0.1, 0.15) is 40.1 Å². The van der Waals surface area contributed by atoms with Gasteiger partial charge in [-0.3, -0.25) is 9.59 Å². The zero-order valence-electron chi connectivity index (χ0n) is 18.5. The maximum absolute atomic E-state index is 13.0. The second-order valence-corrected chi connectivity index (χ2v) is 10.3. The van der Waals surface area contributed by atoms with Gasteiger partial charge in [0, 0.05) is 18.0 Å². The summed E-state index contributed by atoms with van der Waals surface area (Å²) in [6, 6.07) is 22.2. The first-order valence-electron chi connectivity index (χ1n) is 10.8. The number of anilines is 1. The summed E-state index contributed by atoms with van der Waals surface area (Å²) in [4.78, 5) is 30.5. The van der Waals surface area contributed by atoms with Gasteiger partial charge in [-0.1, -0.05) is 68.1 Å².